The zero-order valence-corrected chi connectivity index (χ0v) is 11.6. The number of hydrazine groups is 1. The van der Waals surface area contributed by atoms with Crippen molar-refractivity contribution in [3.8, 4) is 0 Å². The van der Waals surface area contributed by atoms with Crippen molar-refractivity contribution in [2.24, 2.45) is 5.92 Å². The highest BCUT2D eigenvalue weighted by Crippen LogP contribution is 2.37. The Morgan fingerprint density at radius 3 is 1.95 bits per heavy atom. The first-order chi connectivity index (χ1) is 9.93. The number of amides is 1. The lowest BCUT2D eigenvalue weighted by atomic mass is 10.0. The molecule has 1 aromatic carbocycles. The predicted octanol–water partition coefficient (Wildman–Crippen LogP) is 3.35. The minimum atomic E-state index is -4.70. The van der Waals surface area contributed by atoms with E-state index in [2.05, 4.69) is 5.43 Å². The Kier molecular flexibility index (Phi) is 3.88. The van der Waals surface area contributed by atoms with Crippen molar-refractivity contribution >= 4 is 11.6 Å². The van der Waals surface area contributed by atoms with Gasteiger partial charge in [0, 0.05) is 6.54 Å². The second-order valence-electron chi connectivity index (χ2n) is 5.09. The van der Waals surface area contributed by atoms with Gasteiger partial charge >= 0.3 is 12.4 Å². The molecule has 0 aromatic heterocycles. The van der Waals surface area contributed by atoms with Crippen LogP contribution in [0, 0.1) is 19.8 Å². The first-order valence-electron chi connectivity index (χ1n) is 6.25. The number of carbonyl (C=O) groups is 1. The number of aryl methyl sites for hydroxylation is 2. The summed E-state index contributed by atoms with van der Waals surface area (Å²) in [6.07, 6.45) is -9.27. The maximum absolute atomic E-state index is 12.7. The van der Waals surface area contributed by atoms with Gasteiger partial charge in [-0.3, -0.25) is 4.79 Å². The van der Waals surface area contributed by atoms with Crippen LogP contribution in [0.5, 0.6) is 0 Å². The van der Waals surface area contributed by atoms with Crippen molar-refractivity contribution in [1.82, 2.24) is 5.43 Å². The van der Waals surface area contributed by atoms with Crippen molar-refractivity contribution in [3.63, 3.8) is 0 Å². The smallest absolute Gasteiger partial charge is 0.272 e. The molecule has 9 heteroatoms. The van der Waals surface area contributed by atoms with E-state index in [4.69, 9.17) is 0 Å². The monoisotopic (exact) mass is 326 g/mol. The summed E-state index contributed by atoms with van der Waals surface area (Å²) in [6.45, 7) is 1.99. The van der Waals surface area contributed by atoms with E-state index in [-0.39, 0.29) is 16.8 Å². The Hall–Kier alpha value is -1.77. The topological polar surface area (TPSA) is 32.3 Å². The molecule has 22 heavy (non-hydrogen) atoms. The number of anilines is 1. The lowest BCUT2D eigenvalue weighted by Crippen LogP contribution is -2.37. The Morgan fingerprint density at radius 2 is 1.59 bits per heavy atom. The van der Waals surface area contributed by atoms with E-state index in [1.165, 1.54) is 13.8 Å². The number of benzene rings is 1. The molecule has 0 aliphatic carbocycles. The van der Waals surface area contributed by atoms with Gasteiger partial charge in [0.2, 0.25) is 0 Å². The van der Waals surface area contributed by atoms with Gasteiger partial charge in [-0.25, -0.2) is 10.4 Å². The first-order valence-corrected chi connectivity index (χ1v) is 6.25. The molecule has 1 heterocycles. The summed E-state index contributed by atoms with van der Waals surface area (Å²) < 4.78 is 76.2. The molecular formula is C13H12F6N2O. The highest BCUT2D eigenvalue weighted by atomic mass is 19.4. The van der Waals surface area contributed by atoms with Gasteiger partial charge in [0.05, 0.1) is 11.3 Å². The van der Waals surface area contributed by atoms with Crippen molar-refractivity contribution in [1.29, 1.82) is 0 Å². The number of rotatable bonds is 1. The minimum Gasteiger partial charge on any atom is -0.272 e. The van der Waals surface area contributed by atoms with Crippen LogP contribution in [-0.2, 0) is 11.0 Å². The Labute approximate surface area is 121 Å². The van der Waals surface area contributed by atoms with E-state index in [0.29, 0.717) is 5.01 Å². The molecule has 1 saturated heterocycles. The van der Waals surface area contributed by atoms with Crippen molar-refractivity contribution in [2.75, 3.05) is 11.6 Å². The van der Waals surface area contributed by atoms with Gasteiger partial charge in [-0.05, 0) is 37.1 Å². The third kappa shape index (κ3) is 2.90. The predicted molar refractivity (Wildman–Crippen MR) is 66.0 cm³/mol. The Balaban J connectivity index is 2.41. The summed E-state index contributed by atoms with van der Waals surface area (Å²) in [5.74, 6) is -3.42. The fourth-order valence-electron chi connectivity index (χ4n) is 2.42. The fraction of sp³-hybridized carbons (Fsp3) is 0.462. The molecule has 1 atom stereocenters. The molecule has 0 bridgehead atoms. The molecular weight excluding hydrogens is 314 g/mol. The number of hydrogen-bond acceptors (Lipinski definition) is 2. The van der Waals surface area contributed by atoms with Crippen LogP contribution >= 0.6 is 0 Å². The van der Waals surface area contributed by atoms with E-state index in [1.54, 1.807) is 0 Å². The van der Waals surface area contributed by atoms with Gasteiger partial charge in [-0.15, -0.1) is 0 Å². The van der Waals surface area contributed by atoms with Crippen LogP contribution < -0.4 is 10.4 Å². The van der Waals surface area contributed by atoms with E-state index in [9.17, 15) is 31.1 Å². The summed E-state index contributed by atoms with van der Waals surface area (Å²) in [7, 11) is 0. The van der Waals surface area contributed by atoms with Crippen molar-refractivity contribution in [3.05, 3.63) is 28.8 Å². The standard InChI is InChI=1S/C13H12F6N2O/c1-6-3-8(12(14,15)16)4-7(2)10(6)21-11(22)9(5-20-21)13(17,18)19/h3-4,9,20H,5H2,1-2H3. The molecule has 1 aliphatic heterocycles. The second kappa shape index (κ2) is 5.15. The summed E-state index contributed by atoms with van der Waals surface area (Å²) in [5, 5.41) is 0.684. The van der Waals surface area contributed by atoms with Crippen molar-refractivity contribution < 1.29 is 31.1 Å². The van der Waals surface area contributed by atoms with E-state index >= 15 is 0 Å². The molecule has 1 fully saturated rings. The first kappa shape index (κ1) is 16.6. The van der Waals surface area contributed by atoms with Crippen LogP contribution in [0.25, 0.3) is 0 Å². The molecule has 3 nitrogen and oxygen atoms in total. The average Bonchev–Trinajstić information content (AvgIpc) is 2.69. The zero-order valence-electron chi connectivity index (χ0n) is 11.6. The lowest BCUT2D eigenvalue weighted by Gasteiger charge is -2.23. The largest absolute Gasteiger partial charge is 0.416 e. The number of carbonyl (C=O) groups excluding carboxylic acids is 1. The number of hydrogen-bond donors (Lipinski definition) is 1. The number of nitrogens with zero attached hydrogens (tertiary/aromatic N) is 1. The quantitative estimate of drug-likeness (QED) is 0.803. The van der Waals surface area contributed by atoms with Gasteiger partial charge < -0.3 is 0 Å². The van der Waals surface area contributed by atoms with Crippen LogP contribution in [0.1, 0.15) is 16.7 Å². The Bertz CT molecular complexity index is 585. The summed E-state index contributed by atoms with van der Waals surface area (Å²) in [5.41, 5.74) is 1.54. The van der Waals surface area contributed by atoms with Crippen LogP contribution in [0.3, 0.4) is 0 Å². The van der Waals surface area contributed by atoms with Crippen molar-refractivity contribution in [2.45, 2.75) is 26.2 Å². The summed E-state index contributed by atoms with van der Waals surface area (Å²) in [6, 6.07) is 1.61. The van der Waals surface area contributed by atoms with Gasteiger partial charge in [-0.1, -0.05) is 0 Å². The minimum absolute atomic E-state index is 0.0183. The van der Waals surface area contributed by atoms with Gasteiger partial charge in [0.25, 0.3) is 5.91 Å². The van der Waals surface area contributed by atoms with Crippen LogP contribution in [0.15, 0.2) is 12.1 Å². The van der Waals surface area contributed by atoms with Gasteiger partial charge in [-0.2, -0.15) is 26.3 Å². The maximum atomic E-state index is 12.7. The molecule has 0 spiro atoms. The van der Waals surface area contributed by atoms with Crippen LogP contribution in [-0.4, -0.2) is 18.6 Å². The number of halogens is 6. The van der Waals surface area contributed by atoms with E-state index < -0.39 is 36.3 Å². The molecule has 1 unspecified atom stereocenters. The average molecular weight is 326 g/mol. The number of nitrogens with one attached hydrogen (secondary N) is 1. The second-order valence-corrected chi connectivity index (χ2v) is 5.09. The molecule has 1 aromatic rings. The lowest BCUT2D eigenvalue weighted by molar-refractivity contribution is -0.174. The van der Waals surface area contributed by atoms with E-state index in [1.807, 2.05) is 0 Å². The Morgan fingerprint density at radius 1 is 1.09 bits per heavy atom. The molecule has 1 aliphatic rings. The highest BCUT2D eigenvalue weighted by Gasteiger charge is 2.51. The van der Waals surface area contributed by atoms with E-state index in [0.717, 1.165) is 12.1 Å². The molecule has 0 saturated carbocycles. The third-order valence-corrected chi connectivity index (χ3v) is 3.41. The summed E-state index contributed by atoms with van der Waals surface area (Å²) in [4.78, 5) is 11.9. The van der Waals surface area contributed by atoms with Crippen LogP contribution in [0.2, 0.25) is 0 Å². The highest BCUT2D eigenvalue weighted by molar-refractivity contribution is 5.98. The molecule has 0 radical (unpaired) electrons. The normalized spacial score (nSPS) is 19.9. The maximum Gasteiger partial charge on any atom is 0.416 e. The zero-order chi connectivity index (χ0) is 16.9. The van der Waals surface area contributed by atoms with Gasteiger partial charge in [0.15, 0.2) is 0 Å². The molecule has 1 amide bonds. The fourth-order valence-corrected chi connectivity index (χ4v) is 2.42. The number of alkyl halides is 6. The SMILES string of the molecule is Cc1cc(C(F)(F)F)cc(C)c1N1NCC(C(F)(F)F)C1=O. The molecule has 2 rings (SSSR count). The third-order valence-electron chi connectivity index (χ3n) is 3.41. The van der Waals surface area contributed by atoms with Crippen LogP contribution in [0.4, 0.5) is 32.0 Å². The summed E-state index contributed by atoms with van der Waals surface area (Å²) >= 11 is 0. The molecule has 1 N–H and O–H groups in total. The van der Waals surface area contributed by atoms with Gasteiger partial charge in [0.1, 0.15) is 5.92 Å². The molecule has 122 valence electrons.